The lowest BCUT2D eigenvalue weighted by atomic mass is 9.61. The first-order valence-electron chi connectivity index (χ1n) is 15.5. The molecule has 6 rings (SSSR count). The Morgan fingerprint density at radius 1 is 1.20 bits per heavy atom. The van der Waals surface area contributed by atoms with Crippen LogP contribution >= 0.6 is 11.6 Å². The lowest BCUT2D eigenvalue weighted by Crippen LogP contribution is -2.67. The van der Waals surface area contributed by atoms with Crippen molar-refractivity contribution in [3.63, 3.8) is 0 Å². The van der Waals surface area contributed by atoms with Crippen LogP contribution in [-0.2, 0) is 4.79 Å². The van der Waals surface area contributed by atoms with Crippen molar-refractivity contribution in [3.05, 3.63) is 40.6 Å². The number of aryl methyl sites for hydroxylation is 1. The van der Waals surface area contributed by atoms with E-state index in [9.17, 15) is 9.90 Å². The third-order valence-corrected chi connectivity index (χ3v) is 10.3. The lowest BCUT2D eigenvalue weighted by Gasteiger charge is -2.58. The van der Waals surface area contributed by atoms with E-state index in [-0.39, 0.29) is 24.4 Å². The van der Waals surface area contributed by atoms with Crippen LogP contribution < -0.4 is 10.6 Å². The van der Waals surface area contributed by atoms with Crippen LogP contribution in [0.15, 0.2) is 18.7 Å². The smallest absolute Gasteiger partial charge is 0.209 e. The number of halogens is 1. The first-order valence-corrected chi connectivity index (χ1v) is 15.9. The molecule has 44 heavy (non-hydrogen) atoms. The third kappa shape index (κ3) is 5.90. The minimum absolute atomic E-state index is 0. The highest BCUT2D eigenvalue weighted by Gasteiger charge is 2.54. The number of carbonyl (C=O) groups excluding carboxylic acids is 1. The zero-order valence-electron chi connectivity index (χ0n) is 26.4. The molecule has 2 saturated heterocycles. The van der Waals surface area contributed by atoms with Crippen molar-refractivity contribution in [2.75, 3.05) is 49.9 Å². The van der Waals surface area contributed by atoms with Gasteiger partial charge in [-0.1, -0.05) is 25.1 Å². The van der Waals surface area contributed by atoms with E-state index in [1.54, 1.807) is 6.08 Å². The summed E-state index contributed by atoms with van der Waals surface area (Å²) < 4.78 is 2.19. The van der Waals surface area contributed by atoms with E-state index >= 15 is 0 Å². The zero-order chi connectivity index (χ0) is 31.3. The molecule has 0 unspecified atom stereocenters. The van der Waals surface area contributed by atoms with Gasteiger partial charge in [0.1, 0.15) is 0 Å². The number of carbonyl (C=O) groups is 1. The summed E-state index contributed by atoms with van der Waals surface area (Å²) in [5.74, 6) is 0.930. The summed E-state index contributed by atoms with van der Waals surface area (Å²) in [6.45, 7) is 17.9. The molecule has 2 saturated carbocycles. The van der Waals surface area contributed by atoms with Gasteiger partial charge in [-0.2, -0.15) is 5.10 Å². The van der Waals surface area contributed by atoms with E-state index in [0.717, 1.165) is 93.0 Å². The van der Waals surface area contributed by atoms with Crippen molar-refractivity contribution >= 4 is 35.7 Å². The minimum Gasteiger partial charge on any atom is -0.398 e. The Bertz CT molecular complexity index is 1390. The van der Waals surface area contributed by atoms with Crippen LogP contribution in [0, 0.1) is 24.7 Å². The maximum atomic E-state index is 11.2. The van der Waals surface area contributed by atoms with Crippen LogP contribution in [0.3, 0.4) is 0 Å². The molecule has 2 spiro atoms. The van der Waals surface area contributed by atoms with E-state index in [1.165, 1.54) is 12.6 Å². The largest absolute Gasteiger partial charge is 0.398 e. The highest BCUT2D eigenvalue weighted by atomic mass is 35.5. The number of nitrogens with two attached hydrogens (primary N) is 1. The number of anilines is 2. The average molecular weight is 626 g/mol. The summed E-state index contributed by atoms with van der Waals surface area (Å²) in [6.07, 6.45) is 9.36. The predicted molar refractivity (Wildman–Crippen MR) is 182 cm³/mol. The Morgan fingerprint density at radius 2 is 1.84 bits per heavy atom. The second kappa shape index (κ2) is 12.5. The Kier molecular flexibility index (Phi) is 9.65. The van der Waals surface area contributed by atoms with Crippen molar-refractivity contribution in [3.8, 4) is 11.1 Å². The SMILES string of the molecule is C.C=CC.Cc1cc(N)c(C=N)c(-c2c(N3CCN(CC(C)(C)O)CC34CCC4)nn(C3CC4(C3)CN(C=O)C4)c2C)c1Cl. The Morgan fingerprint density at radius 3 is 2.36 bits per heavy atom. The Hall–Kier alpha value is -2.88. The number of likely N-dealkylation sites (tertiary alicyclic amines) is 1. The van der Waals surface area contributed by atoms with Gasteiger partial charge in [-0.05, 0) is 78.4 Å². The van der Waals surface area contributed by atoms with Gasteiger partial charge in [0.2, 0.25) is 6.41 Å². The Labute approximate surface area is 268 Å². The number of hydrogen-bond donors (Lipinski definition) is 3. The molecule has 2 aliphatic carbocycles. The van der Waals surface area contributed by atoms with Gasteiger partial charge in [0, 0.05) is 79.0 Å². The summed E-state index contributed by atoms with van der Waals surface area (Å²) >= 11 is 7.04. The number of nitrogens with zero attached hydrogens (tertiary/aromatic N) is 5. The molecule has 0 radical (unpaired) electrons. The van der Waals surface area contributed by atoms with Crippen molar-refractivity contribution in [2.45, 2.75) is 91.3 Å². The van der Waals surface area contributed by atoms with Crippen LogP contribution in [0.4, 0.5) is 11.5 Å². The third-order valence-electron chi connectivity index (χ3n) is 9.83. The molecule has 3 heterocycles. The molecule has 0 bridgehead atoms. The standard InChI is InChI=1S/C30H42ClN7O2.C3H6.CH4/c1-19-10-23(33)22(13-32)25(26(19)31)24-20(2)38(21-11-29(12-21)15-36(16-29)18-39)34-27(24)37-9-8-35(14-28(3,4)40)17-30(37)6-5-7-30;1-3-2;/h10,13,18,21,32,40H,5-9,11-12,14-17,33H2,1-4H3;3H,1H2,2H3;1H4. The maximum absolute atomic E-state index is 11.2. The number of aliphatic hydroxyl groups is 1. The molecule has 242 valence electrons. The molecule has 1 aromatic carbocycles. The molecule has 1 aromatic heterocycles. The molecule has 4 aliphatic rings. The molecule has 1 amide bonds. The van der Waals surface area contributed by atoms with E-state index in [2.05, 4.69) is 28.0 Å². The predicted octanol–water partition coefficient (Wildman–Crippen LogP) is 5.84. The van der Waals surface area contributed by atoms with Crippen LogP contribution in [0.25, 0.3) is 11.1 Å². The van der Waals surface area contributed by atoms with Gasteiger partial charge in [0.25, 0.3) is 0 Å². The van der Waals surface area contributed by atoms with Crippen LogP contribution in [0.2, 0.25) is 5.02 Å². The minimum atomic E-state index is -0.747. The number of benzene rings is 1. The molecule has 4 N–H and O–H groups in total. The number of aromatic nitrogens is 2. The monoisotopic (exact) mass is 625 g/mol. The van der Waals surface area contributed by atoms with Crippen molar-refractivity contribution in [1.82, 2.24) is 19.6 Å². The zero-order valence-corrected chi connectivity index (χ0v) is 27.2. The van der Waals surface area contributed by atoms with Gasteiger partial charge >= 0.3 is 0 Å². The fraction of sp³-hybridized carbons (Fsp3) is 0.618. The number of hydrogen-bond acceptors (Lipinski definition) is 7. The van der Waals surface area contributed by atoms with Gasteiger partial charge in [-0.25, -0.2) is 0 Å². The number of nitrogens with one attached hydrogen (secondary N) is 1. The fourth-order valence-corrected chi connectivity index (χ4v) is 8.17. The first-order chi connectivity index (χ1) is 20.3. The van der Waals surface area contributed by atoms with Crippen molar-refractivity contribution in [2.24, 2.45) is 5.41 Å². The van der Waals surface area contributed by atoms with E-state index in [0.29, 0.717) is 22.8 Å². The van der Waals surface area contributed by atoms with E-state index < -0.39 is 5.60 Å². The average Bonchev–Trinajstić information content (AvgIpc) is 3.19. The molecule has 0 atom stereocenters. The summed E-state index contributed by atoms with van der Waals surface area (Å²) in [5, 5.41) is 24.8. The molecular formula is C34H52ClN7O2. The second-order valence-electron chi connectivity index (χ2n) is 14.0. The van der Waals surface area contributed by atoms with Gasteiger partial charge in [0.05, 0.1) is 22.2 Å². The van der Waals surface area contributed by atoms with Gasteiger partial charge in [-0.15, -0.1) is 6.58 Å². The Balaban J connectivity index is 0.00000106. The van der Waals surface area contributed by atoms with E-state index in [4.69, 9.17) is 27.8 Å². The molecule has 9 nitrogen and oxygen atoms in total. The second-order valence-corrected chi connectivity index (χ2v) is 14.4. The lowest BCUT2D eigenvalue weighted by molar-refractivity contribution is -0.140. The van der Waals surface area contributed by atoms with Gasteiger partial charge in [0.15, 0.2) is 5.82 Å². The fourth-order valence-electron chi connectivity index (χ4n) is 7.92. The highest BCUT2D eigenvalue weighted by Crippen LogP contribution is 2.56. The van der Waals surface area contributed by atoms with E-state index in [1.807, 2.05) is 38.7 Å². The highest BCUT2D eigenvalue weighted by molar-refractivity contribution is 6.35. The summed E-state index contributed by atoms with van der Waals surface area (Å²) in [6, 6.07) is 2.11. The molecule has 2 aromatic rings. The molecule has 10 heteroatoms. The van der Waals surface area contributed by atoms with Crippen LogP contribution in [-0.4, -0.2) is 87.7 Å². The number of amides is 1. The molecular weight excluding hydrogens is 574 g/mol. The topological polar surface area (TPSA) is 115 Å². The van der Waals surface area contributed by atoms with Crippen LogP contribution in [0.1, 0.15) is 83.2 Å². The molecule has 4 fully saturated rings. The summed E-state index contributed by atoms with van der Waals surface area (Å²) in [5.41, 5.74) is 10.8. The van der Waals surface area contributed by atoms with Gasteiger partial charge < -0.3 is 26.0 Å². The number of rotatable bonds is 7. The van der Waals surface area contributed by atoms with Crippen LogP contribution in [0.5, 0.6) is 0 Å². The normalized spacial score (nSPS) is 20.5. The van der Waals surface area contributed by atoms with Crippen molar-refractivity contribution in [1.29, 1.82) is 5.41 Å². The summed E-state index contributed by atoms with van der Waals surface area (Å²) in [7, 11) is 0. The maximum Gasteiger partial charge on any atom is 0.209 e. The molecule has 2 aliphatic heterocycles. The van der Waals surface area contributed by atoms with Gasteiger partial charge in [-0.3, -0.25) is 14.4 Å². The number of nitrogen functional groups attached to an aromatic ring is 1. The number of β-amino-alcohol motifs (C(OH)–C–C–N with tert-alkyl or cyclic N) is 1. The summed E-state index contributed by atoms with van der Waals surface area (Å²) in [4.78, 5) is 17.9. The first kappa shape index (κ1) is 34.0. The quantitative estimate of drug-likeness (QED) is 0.154. The van der Waals surface area contributed by atoms with Crippen molar-refractivity contribution < 1.29 is 9.90 Å². The number of piperazine rings is 1. The number of allylic oxidation sites excluding steroid dienone is 1.